The smallest absolute Gasteiger partial charge is 0.307 e. The van der Waals surface area contributed by atoms with Crippen molar-refractivity contribution in [2.75, 3.05) is 0 Å². The van der Waals surface area contributed by atoms with Gasteiger partial charge in [-0.15, -0.1) is 0 Å². The van der Waals surface area contributed by atoms with E-state index in [0.29, 0.717) is 11.3 Å². The maximum atomic E-state index is 12.2. The van der Waals surface area contributed by atoms with Crippen LogP contribution in [0.5, 0.6) is 0 Å². The topological polar surface area (TPSA) is 89.3 Å². The van der Waals surface area contributed by atoms with Gasteiger partial charge in [-0.2, -0.15) is 5.10 Å². The number of sulfone groups is 1. The van der Waals surface area contributed by atoms with Crippen LogP contribution in [-0.2, 0) is 33.9 Å². The summed E-state index contributed by atoms with van der Waals surface area (Å²) in [4.78, 5) is 10.7. The van der Waals surface area contributed by atoms with E-state index in [4.69, 9.17) is 5.11 Å². The van der Waals surface area contributed by atoms with E-state index < -0.39 is 15.8 Å². The maximum absolute atomic E-state index is 12.2. The van der Waals surface area contributed by atoms with Gasteiger partial charge >= 0.3 is 5.97 Å². The van der Waals surface area contributed by atoms with Gasteiger partial charge in [-0.25, -0.2) is 8.42 Å². The lowest BCUT2D eigenvalue weighted by Crippen LogP contribution is -2.06. The monoisotopic (exact) mass is 294 g/mol. The summed E-state index contributed by atoms with van der Waals surface area (Å²) >= 11 is 0. The Bertz CT molecular complexity index is 717. The van der Waals surface area contributed by atoms with Gasteiger partial charge < -0.3 is 5.11 Å². The first-order valence-electron chi connectivity index (χ1n) is 5.89. The Morgan fingerprint density at radius 2 is 1.90 bits per heavy atom. The molecule has 1 N–H and O–H groups in total. The molecule has 0 bridgehead atoms. The van der Waals surface area contributed by atoms with Crippen LogP contribution in [0.1, 0.15) is 11.3 Å². The molecule has 1 heterocycles. The van der Waals surface area contributed by atoms with E-state index >= 15 is 0 Å². The van der Waals surface area contributed by atoms with Gasteiger partial charge in [0.2, 0.25) is 0 Å². The molecule has 106 valence electrons. The Balaban J connectivity index is 2.19. The van der Waals surface area contributed by atoms with Crippen molar-refractivity contribution in [1.82, 2.24) is 9.78 Å². The molecule has 1 aromatic carbocycles. The lowest BCUT2D eigenvalue weighted by Gasteiger charge is -2.04. The zero-order valence-electron chi connectivity index (χ0n) is 10.9. The highest BCUT2D eigenvalue weighted by molar-refractivity contribution is 7.90. The fourth-order valence-electron chi connectivity index (χ4n) is 1.81. The van der Waals surface area contributed by atoms with E-state index in [1.54, 1.807) is 24.0 Å². The van der Waals surface area contributed by atoms with Gasteiger partial charge in [-0.3, -0.25) is 9.48 Å². The molecule has 0 saturated heterocycles. The van der Waals surface area contributed by atoms with E-state index in [1.165, 1.54) is 24.3 Å². The Labute approximate surface area is 116 Å². The molecule has 0 atom stereocenters. The fourth-order valence-corrected chi connectivity index (χ4v) is 3.07. The number of rotatable bonds is 5. The molecule has 2 aromatic rings. The number of hydrogen-bond acceptors (Lipinski definition) is 4. The number of carbonyl (C=O) groups is 1. The van der Waals surface area contributed by atoms with E-state index in [-0.39, 0.29) is 17.1 Å². The zero-order valence-corrected chi connectivity index (χ0v) is 11.7. The van der Waals surface area contributed by atoms with Crippen LogP contribution >= 0.6 is 0 Å². The predicted molar refractivity (Wildman–Crippen MR) is 71.9 cm³/mol. The molecule has 6 nitrogen and oxygen atoms in total. The average Bonchev–Trinajstić information content (AvgIpc) is 2.74. The second kappa shape index (κ2) is 5.46. The van der Waals surface area contributed by atoms with Crippen molar-refractivity contribution in [2.45, 2.75) is 17.1 Å². The van der Waals surface area contributed by atoms with Gasteiger partial charge in [-0.1, -0.05) is 12.1 Å². The van der Waals surface area contributed by atoms with Gasteiger partial charge in [0.05, 0.1) is 22.8 Å². The average molecular weight is 294 g/mol. The lowest BCUT2D eigenvalue weighted by atomic mass is 10.2. The summed E-state index contributed by atoms with van der Waals surface area (Å²) in [5, 5.41) is 12.7. The second-order valence-corrected chi connectivity index (χ2v) is 6.44. The van der Waals surface area contributed by atoms with Crippen molar-refractivity contribution in [3.05, 3.63) is 47.8 Å². The number of benzene rings is 1. The molecule has 7 heteroatoms. The second-order valence-electron chi connectivity index (χ2n) is 4.45. The Morgan fingerprint density at radius 3 is 2.40 bits per heavy atom. The number of hydrogen-bond donors (Lipinski definition) is 1. The van der Waals surface area contributed by atoms with Crippen LogP contribution < -0.4 is 0 Å². The lowest BCUT2D eigenvalue weighted by molar-refractivity contribution is -0.136. The number of aromatic nitrogens is 2. The SMILES string of the molecule is Cn1ccc(CS(=O)(=O)c2ccc(CC(=O)O)cc2)n1. The molecule has 1 aromatic heterocycles. The van der Waals surface area contributed by atoms with Gasteiger partial charge in [0, 0.05) is 13.2 Å². The molecule has 0 aliphatic rings. The highest BCUT2D eigenvalue weighted by Crippen LogP contribution is 2.16. The minimum atomic E-state index is -3.47. The third kappa shape index (κ3) is 3.45. The highest BCUT2D eigenvalue weighted by Gasteiger charge is 2.17. The summed E-state index contributed by atoms with van der Waals surface area (Å²) in [5.74, 6) is -1.12. The molecule has 20 heavy (non-hydrogen) atoms. The van der Waals surface area contributed by atoms with Crippen LogP contribution in [0.25, 0.3) is 0 Å². The van der Waals surface area contributed by atoms with E-state index in [2.05, 4.69) is 5.10 Å². The molecule has 2 rings (SSSR count). The van der Waals surface area contributed by atoms with Crippen molar-refractivity contribution >= 4 is 15.8 Å². The van der Waals surface area contributed by atoms with Crippen LogP contribution in [0.3, 0.4) is 0 Å². The molecular weight excluding hydrogens is 280 g/mol. The Kier molecular flexibility index (Phi) is 3.89. The van der Waals surface area contributed by atoms with Gasteiger partial charge in [0.15, 0.2) is 9.84 Å². The van der Waals surface area contributed by atoms with Crippen LogP contribution in [-0.4, -0.2) is 29.3 Å². The largest absolute Gasteiger partial charge is 0.481 e. The summed E-state index contributed by atoms with van der Waals surface area (Å²) in [6.45, 7) is 0. The molecule has 0 fully saturated rings. The standard InChI is InChI=1S/C13H14N2O4S/c1-15-7-6-11(14-15)9-20(18,19)12-4-2-10(3-5-12)8-13(16)17/h2-7H,8-9H2,1H3,(H,16,17). The van der Waals surface area contributed by atoms with E-state index in [9.17, 15) is 13.2 Å². The van der Waals surface area contributed by atoms with Crippen LogP contribution in [0.15, 0.2) is 41.4 Å². The minimum absolute atomic E-state index is 0.124. The number of aliphatic carboxylic acids is 1. The summed E-state index contributed by atoms with van der Waals surface area (Å²) in [5.41, 5.74) is 1.04. The quantitative estimate of drug-likeness (QED) is 0.889. The van der Waals surface area contributed by atoms with E-state index in [0.717, 1.165) is 0 Å². The molecule has 0 aliphatic carbocycles. The number of carboxylic acid groups (broad SMARTS) is 1. The van der Waals surface area contributed by atoms with Crippen LogP contribution in [0.2, 0.25) is 0 Å². The summed E-state index contributed by atoms with van der Waals surface area (Å²) in [6, 6.07) is 7.53. The molecular formula is C13H14N2O4S. The Hall–Kier alpha value is -2.15. The fraction of sp³-hybridized carbons (Fsp3) is 0.231. The summed E-state index contributed by atoms with van der Waals surface area (Å²) < 4.78 is 25.9. The first-order valence-corrected chi connectivity index (χ1v) is 7.54. The molecule has 0 spiro atoms. The third-order valence-corrected chi connectivity index (χ3v) is 4.41. The molecule has 0 radical (unpaired) electrons. The van der Waals surface area contributed by atoms with Crippen molar-refractivity contribution < 1.29 is 18.3 Å². The third-order valence-electron chi connectivity index (χ3n) is 2.74. The molecule has 0 aliphatic heterocycles. The van der Waals surface area contributed by atoms with Crippen LogP contribution in [0.4, 0.5) is 0 Å². The maximum Gasteiger partial charge on any atom is 0.307 e. The molecule has 0 saturated carbocycles. The number of carboxylic acids is 1. The normalized spacial score (nSPS) is 11.4. The first kappa shape index (κ1) is 14.3. The summed E-state index contributed by atoms with van der Waals surface area (Å²) in [7, 11) is -1.75. The van der Waals surface area contributed by atoms with Crippen molar-refractivity contribution in [3.8, 4) is 0 Å². The van der Waals surface area contributed by atoms with Gasteiger partial charge in [0.1, 0.15) is 0 Å². The number of nitrogens with zero attached hydrogens (tertiary/aromatic N) is 2. The molecule has 0 unspecified atom stereocenters. The summed E-state index contributed by atoms with van der Waals surface area (Å²) in [6.07, 6.45) is 1.56. The molecule has 0 amide bonds. The van der Waals surface area contributed by atoms with Gasteiger partial charge in [0.25, 0.3) is 0 Å². The minimum Gasteiger partial charge on any atom is -0.481 e. The van der Waals surface area contributed by atoms with Crippen molar-refractivity contribution in [1.29, 1.82) is 0 Å². The van der Waals surface area contributed by atoms with Crippen LogP contribution in [0, 0.1) is 0 Å². The predicted octanol–water partition coefficient (Wildman–Crippen LogP) is 1.02. The van der Waals surface area contributed by atoms with Crippen molar-refractivity contribution in [2.24, 2.45) is 7.05 Å². The van der Waals surface area contributed by atoms with Crippen molar-refractivity contribution in [3.63, 3.8) is 0 Å². The van der Waals surface area contributed by atoms with Gasteiger partial charge in [-0.05, 0) is 23.8 Å². The first-order chi connectivity index (χ1) is 9.37. The highest BCUT2D eigenvalue weighted by atomic mass is 32.2. The Morgan fingerprint density at radius 1 is 1.25 bits per heavy atom. The zero-order chi connectivity index (χ0) is 14.8. The van der Waals surface area contributed by atoms with E-state index in [1.807, 2.05) is 0 Å². The number of aryl methyl sites for hydroxylation is 1.